The molecule has 1 unspecified atom stereocenters. The van der Waals surface area contributed by atoms with Crippen molar-refractivity contribution in [3.05, 3.63) is 65.9 Å². The number of fused-ring (bicyclic) bond motifs is 1. The summed E-state index contributed by atoms with van der Waals surface area (Å²) < 4.78 is 13.2. The molecule has 8 nitrogen and oxygen atoms in total. The van der Waals surface area contributed by atoms with Gasteiger partial charge in [0.05, 0.1) is 37.1 Å². The summed E-state index contributed by atoms with van der Waals surface area (Å²) >= 11 is 0. The van der Waals surface area contributed by atoms with Gasteiger partial charge in [-0.05, 0) is 66.5 Å². The molecule has 0 radical (unpaired) electrons. The van der Waals surface area contributed by atoms with Crippen LogP contribution in [0.5, 0.6) is 0 Å². The number of hydrogen-bond donors (Lipinski definition) is 3. The molecule has 3 aromatic rings. The molecule has 1 aromatic heterocycles. The first-order chi connectivity index (χ1) is 19.7. The van der Waals surface area contributed by atoms with Crippen LogP contribution in [0.2, 0.25) is 0 Å². The molecular weight excluding hydrogens is 518 g/mol. The summed E-state index contributed by atoms with van der Waals surface area (Å²) in [4.78, 5) is 11.8. The minimum Gasteiger partial charge on any atom is -0.465 e. The minimum atomic E-state index is -1.11. The van der Waals surface area contributed by atoms with E-state index in [2.05, 4.69) is 56.3 Å². The Hall–Kier alpha value is -2.94. The van der Waals surface area contributed by atoms with E-state index in [1.165, 1.54) is 5.56 Å². The standard InChI is InChI=1S/C33H49N3O5/c1-23(2)28(16-26-12-13-27-20-34-36(31(27)17-26)14-9-15-40-5)18-30(35-33(38)39)32(37)19-29(24(3)4)22-41-21-25-10-7-6-8-11-25/h6-8,10-13,17,20,23-24,28-30,32,35,37H,9,14-16,18-19,21-22H2,1-5H3,(H,38,39)/t28-,29+,30-,32?/m0/s1. The molecule has 0 bridgehead atoms. The van der Waals surface area contributed by atoms with Gasteiger partial charge in [-0.25, -0.2) is 4.79 Å². The number of ether oxygens (including phenoxy) is 2. The highest BCUT2D eigenvalue weighted by atomic mass is 16.5. The van der Waals surface area contributed by atoms with E-state index in [9.17, 15) is 15.0 Å². The number of benzene rings is 2. The molecule has 0 aliphatic heterocycles. The van der Waals surface area contributed by atoms with Gasteiger partial charge < -0.3 is 25.0 Å². The van der Waals surface area contributed by atoms with E-state index in [4.69, 9.17) is 9.47 Å². The van der Waals surface area contributed by atoms with Gasteiger partial charge in [0.1, 0.15) is 0 Å². The predicted octanol–water partition coefficient (Wildman–Crippen LogP) is 6.15. The Morgan fingerprint density at radius 3 is 2.39 bits per heavy atom. The Kier molecular flexibility index (Phi) is 13.1. The zero-order chi connectivity index (χ0) is 29.8. The second-order valence-electron chi connectivity index (χ2n) is 11.9. The maximum Gasteiger partial charge on any atom is 0.404 e. The summed E-state index contributed by atoms with van der Waals surface area (Å²) in [6, 6.07) is 15.9. The first-order valence-electron chi connectivity index (χ1n) is 14.9. The van der Waals surface area contributed by atoms with Crippen molar-refractivity contribution >= 4 is 17.0 Å². The molecule has 8 heteroatoms. The van der Waals surface area contributed by atoms with Crippen LogP contribution in [0.15, 0.2) is 54.7 Å². The number of carboxylic acid groups (broad SMARTS) is 1. The van der Waals surface area contributed by atoms with E-state index in [-0.39, 0.29) is 17.8 Å². The average Bonchev–Trinajstić information content (AvgIpc) is 3.34. The van der Waals surface area contributed by atoms with Crippen LogP contribution in [0.25, 0.3) is 10.9 Å². The molecular formula is C33H49N3O5. The van der Waals surface area contributed by atoms with Crippen molar-refractivity contribution in [1.82, 2.24) is 15.1 Å². The summed E-state index contributed by atoms with van der Waals surface area (Å²) in [5, 5.41) is 29.3. The molecule has 0 aliphatic rings. The van der Waals surface area contributed by atoms with Gasteiger partial charge in [-0.15, -0.1) is 0 Å². The second-order valence-corrected chi connectivity index (χ2v) is 11.9. The first-order valence-corrected chi connectivity index (χ1v) is 14.9. The van der Waals surface area contributed by atoms with Crippen LogP contribution >= 0.6 is 0 Å². The number of nitrogens with one attached hydrogen (secondary N) is 1. The molecule has 0 aliphatic carbocycles. The van der Waals surface area contributed by atoms with Crippen molar-refractivity contribution in [2.24, 2.45) is 23.7 Å². The van der Waals surface area contributed by atoms with Gasteiger partial charge >= 0.3 is 6.09 Å². The fourth-order valence-electron chi connectivity index (χ4n) is 5.38. The number of aromatic nitrogens is 2. The van der Waals surface area contributed by atoms with Gasteiger partial charge in [0, 0.05) is 25.6 Å². The smallest absolute Gasteiger partial charge is 0.404 e. The summed E-state index contributed by atoms with van der Waals surface area (Å²) in [5.74, 6) is 0.866. The minimum absolute atomic E-state index is 0.102. The molecule has 0 saturated carbocycles. The van der Waals surface area contributed by atoms with Gasteiger partial charge in [0.2, 0.25) is 0 Å². The van der Waals surface area contributed by atoms with Crippen LogP contribution in [0, 0.1) is 23.7 Å². The number of nitrogens with zero attached hydrogens (tertiary/aromatic N) is 2. The number of aliphatic hydroxyl groups excluding tert-OH is 1. The lowest BCUT2D eigenvalue weighted by Crippen LogP contribution is -2.46. The lowest BCUT2D eigenvalue weighted by Gasteiger charge is -2.32. The van der Waals surface area contributed by atoms with Crippen LogP contribution in [-0.2, 0) is 29.0 Å². The molecule has 0 saturated heterocycles. The predicted molar refractivity (Wildman–Crippen MR) is 163 cm³/mol. The molecule has 3 rings (SSSR count). The van der Waals surface area contributed by atoms with Gasteiger partial charge in [0.15, 0.2) is 0 Å². The highest BCUT2D eigenvalue weighted by Gasteiger charge is 2.30. The van der Waals surface area contributed by atoms with Gasteiger partial charge in [-0.1, -0.05) is 70.2 Å². The maximum absolute atomic E-state index is 11.8. The maximum atomic E-state index is 11.8. The largest absolute Gasteiger partial charge is 0.465 e. The third-order valence-corrected chi connectivity index (χ3v) is 8.13. The molecule has 2 aromatic carbocycles. The van der Waals surface area contributed by atoms with Crippen LogP contribution in [0.3, 0.4) is 0 Å². The van der Waals surface area contributed by atoms with E-state index < -0.39 is 18.2 Å². The lowest BCUT2D eigenvalue weighted by molar-refractivity contribution is 0.0271. The van der Waals surface area contributed by atoms with E-state index in [0.717, 1.165) is 35.9 Å². The highest BCUT2D eigenvalue weighted by molar-refractivity contribution is 5.79. The molecule has 1 amide bonds. The van der Waals surface area contributed by atoms with E-state index in [1.807, 2.05) is 41.2 Å². The van der Waals surface area contributed by atoms with Gasteiger partial charge in [-0.2, -0.15) is 5.10 Å². The van der Waals surface area contributed by atoms with Crippen LogP contribution in [0.1, 0.15) is 58.1 Å². The molecule has 226 valence electrons. The molecule has 3 N–H and O–H groups in total. The number of carbonyl (C=O) groups is 1. The zero-order valence-electron chi connectivity index (χ0n) is 25.3. The highest BCUT2D eigenvalue weighted by Crippen LogP contribution is 2.28. The topological polar surface area (TPSA) is 106 Å². The quantitative estimate of drug-likeness (QED) is 0.159. The van der Waals surface area contributed by atoms with Crippen LogP contribution < -0.4 is 5.32 Å². The number of aliphatic hydroxyl groups is 1. The normalized spacial score (nSPS) is 14.8. The van der Waals surface area contributed by atoms with E-state index in [1.54, 1.807) is 7.11 Å². The lowest BCUT2D eigenvalue weighted by atomic mass is 9.81. The Labute approximate surface area is 245 Å². The number of rotatable bonds is 18. The van der Waals surface area contributed by atoms with Crippen molar-refractivity contribution in [1.29, 1.82) is 0 Å². The zero-order valence-corrected chi connectivity index (χ0v) is 25.3. The Balaban J connectivity index is 1.68. The third kappa shape index (κ3) is 10.4. The summed E-state index contributed by atoms with van der Waals surface area (Å²) in [6.45, 7) is 11.1. The van der Waals surface area contributed by atoms with Crippen molar-refractivity contribution in [3.63, 3.8) is 0 Å². The van der Waals surface area contributed by atoms with Crippen LogP contribution in [-0.4, -0.2) is 58.6 Å². The first kappa shape index (κ1) is 32.6. The number of methoxy groups -OCH3 is 1. The summed E-state index contributed by atoms with van der Waals surface area (Å²) in [7, 11) is 1.71. The second kappa shape index (κ2) is 16.5. The van der Waals surface area contributed by atoms with Crippen molar-refractivity contribution < 1.29 is 24.5 Å². The average molecular weight is 568 g/mol. The van der Waals surface area contributed by atoms with Crippen molar-refractivity contribution in [3.8, 4) is 0 Å². The molecule has 41 heavy (non-hydrogen) atoms. The third-order valence-electron chi connectivity index (χ3n) is 8.13. The van der Waals surface area contributed by atoms with Gasteiger partial charge in [0.25, 0.3) is 0 Å². The molecule has 0 spiro atoms. The van der Waals surface area contributed by atoms with Crippen molar-refractivity contribution in [2.75, 3.05) is 20.3 Å². The van der Waals surface area contributed by atoms with Crippen molar-refractivity contribution in [2.45, 2.75) is 78.7 Å². The van der Waals surface area contributed by atoms with E-state index >= 15 is 0 Å². The molecule has 0 fully saturated rings. The Morgan fingerprint density at radius 2 is 1.73 bits per heavy atom. The Bertz CT molecular complexity index is 1180. The number of hydrogen-bond acceptors (Lipinski definition) is 5. The summed E-state index contributed by atoms with van der Waals surface area (Å²) in [6.07, 6.45) is 2.66. The number of amides is 1. The molecule has 1 heterocycles. The number of aryl methyl sites for hydroxylation is 1. The monoisotopic (exact) mass is 567 g/mol. The fraction of sp³-hybridized carbons (Fsp3) is 0.576. The fourth-order valence-corrected chi connectivity index (χ4v) is 5.38. The van der Waals surface area contributed by atoms with Crippen LogP contribution in [0.4, 0.5) is 4.79 Å². The summed E-state index contributed by atoms with van der Waals surface area (Å²) in [5.41, 5.74) is 3.39. The SMILES string of the molecule is COCCCn1ncc2ccc(C[C@@H](C[C@H](NC(=O)O)C(O)C[C@H](COCc3ccccc3)C(C)C)C(C)C)cc21. The van der Waals surface area contributed by atoms with Gasteiger partial charge in [-0.3, -0.25) is 4.68 Å². The Morgan fingerprint density at radius 1 is 1.00 bits per heavy atom. The molecule has 4 atom stereocenters. The van der Waals surface area contributed by atoms with E-state index in [0.29, 0.717) is 38.6 Å².